The van der Waals surface area contributed by atoms with Gasteiger partial charge in [-0.05, 0) is 25.8 Å². The van der Waals surface area contributed by atoms with E-state index in [9.17, 15) is 29.4 Å². The van der Waals surface area contributed by atoms with Crippen molar-refractivity contribution in [2.75, 3.05) is 6.61 Å². The molecule has 11 heteroatoms. The van der Waals surface area contributed by atoms with E-state index in [0.717, 1.165) is 5.56 Å². The number of carbonyl (C=O) groups is 4. The Kier molecular flexibility index (Phi) is 9.89. The Balaban J connectivity index is 2.75. The molecule has 0 radical (unpaired) electrons. The number of carbonyl (C=O) groups excluding carboxylic acids is 3. The van der Waals surface area contributed by atoms with Gasteiger partial charge in [0, 0.05) is 0 Å². The van der Waals surface area contributed by atoms with Gasteiger partial charge >= 0.3 is 5.97 Å². The van der Waals surface area contributed by atoms with Gasteiger partial charge in [0.25, 0.3) is 0 Å². The van der Waals surface area contributed by atoms with Gasteiger partial charge in [-0.1, -0.05) is 30.3 Å². The van der Waals surface area contributed by atoms with E-state index in [1.54, 1.807) is 24.3 Å². The van der Waals surface area contributed by atoms with Crippen LogP contribution in [-0.2, 0) is 25.6 Å². The second-order valence-corrected chi connectivity index (χ2v) is 6.84. The summed E-state index contributed by atoms with van der Waals surface area (Å²) in [6.07, 6.45) is -1.13. The van der Waals surface area contributed by atoms with Gasteiger partial charge < -0.3 is 37.0 Å². The van der Waals surface area contributed by atoms with Crippen LogP contribution in [0.1, 0.15) is 19.4 Å². The van der Waals surface area contributed by atoms with E-state index in [1.807, 2.05) is 6.07 Å². The lowest BCUT2D eigenvalue weighted by Gasteiger charge is -2.25. The van der Waals surface area contributed by atoms with E-state index in [0.29, 0.717) is 0 Å². The lowest BCUT2D eigenvalue weighted by atomic mass is 10.0. The third kappa shape index (κ3) is 7.78. The summed E-state index contributed by atoms with van der Waals surface area (Å²) in [5.74, 6) is -3.86. The molecule has 0 saturated heterocycles. The minimum absolute atomic E-state index is 0.204. The molecule has 0 aliphatic rings. The molecule has 1 rings (SSSR count). The molecule has 5 atom stereocenters. The van der Waals surface area contributed by atoms with Crippen molar-refractivity contribution in [3.63, 3.8) is 0 Å². The van der Waals surface area contributed by atoms with Crippen LogP contribution in [0.25, 0.3) is 0 Å². The van der Waals surface area contributed by atoms with Crippen molar-refractivity contribution >= 4 is 23.7 Å². The molecule has 0 fully saturated rings. The van der Waals surface area contributed by atoms with Gasteiger partial charge in [-0.2, -0.15) is 0 Å². The molecule has 0 aliphatic carbocycles. The van der Waals surface area contributed by atoms with Gasteiger partial charge in [0.15, 0.2) is 0 Å². The fraction of sp³-hybridized carbons (Fsp3) is 0.474. The van der Waals surface area contributed by atoms with Crippen molar-refractivity contribution in [2.45, 2.75) is 50.5 Å². The number of aliphatic hydroxyl groups excluding tert-OH is 2. The Hall–Kier alpha value is -3.02. The fourth-order valence-electron chi connectivity index (χ4n) is 2.46. The third-order valence-corrected chi connectivity index (χ3v) is 4.24. The zero-order chi connectivity index (χ0) is 22.8. The first-order valence-electron chi connectivity index (χ1n) is 9.29. The molecule has 8 N–H and O–H groups in total. The van der Waals surface area contributed by atoms with Gasteiger partial charge in [-0.3, -0.25) is 19.2 Å². The number of aliphatic carboxylic acids is 1. The highest BCUT2D eigenvalue weighted by Gasteiger charge is 2.31. The number of carboxylic acid groups (broad SMARTS) is 1. The van der Waals surface area contributed by atoms with Crippen LogP contribution in [0.2, 0.25) is 0 Å². The molecule has 1 aromatic carbocycles. The number of nitrogens with one attached hydrogen (secondary N) is 3. The first-order valence-corrected chi connectivity index (χ1v) is 9.29. The zero-order valence-corrected chi connectivity index (χ0v) is 16.7. The largest absolute Gasteiger partial charge is 0.480 e. The molecular formula is C19H28N4O7. The summed E-state index contributed by atoms with van der Waals surface area (Å²) in [5, 5.41) is 34.7. The predicted octanol–water partition coefficient (Wildman–Crippen LogP) is -2.51. The molecule has 30 heavy (non-hydrogen) atoms. The van der Waals surface area contributed by atoms with Crippen LogP contribution < -0.4 is 21.7 Å². The molecule has 0 aromatic heterocycles. The minimum Gasteiger partial charge on any atom is -0.480 e. The van der Waals surface area contributed by atoms with Crippen LogP contribution in [0.15, 0.2) is 30.3 Å². The average Bonchev–Trinajstić information content (AvgIpc) is 2.69. The van der Waals surface area contributed by atoms with Gasteiger partial charge in [0.2, 0.25) is 17.7 Å². The number of aliphatic hydroxyl groups is 2. The van der Waals surface area contributed by atoms with E-state index >= 15 is 0 Å². The lowest BCUT2D eigenvalue weighted by Crippen LogP contribution is -2.60. The van der Waals surface area contributed by atoms with Gasteiger partial charge in [-0.25, -0.2) is 0 Å². The molecule has 11 nitrogen and oxygen atoms in total. The maximum absolute atomic E-state index is 12.5. The summed E-state index contributed by atoms with van der Waals surface area (Å²) in [6.45, 7) is 1.65. The topological polar surface area (TPSA) is 191 Å². The highest BCUT2D eigenvalue weighted by atomic mass is 16.4. The summed E-state index contributed by atoms with van der Waals surface area (Å²) >= 11 is 0. The molecule has 0 aliphatic heterocycles. The highest BCUT2D eigenvalue weighted by molar-refractivity contribution is 5.94. The normalized spacial score (nSPS) is 15.8. The summed E-state index contributed by atoms with van der Waals surface area (Å²) in [4.78, 5) is 47.7. The average molecular weight is 424 g/mol. The van der Waals surface area contributed by atoms with E-state index in [1.165, 1.54) is 13.8 Å². The van der Waals surface area contributed by atoms with Gasteiger partial charge in [0.1, 0.15) is 18.1 Å². The van der Waals surface area contributed by atoms with E-state index in [-0.39, 0.29) is 6.42 Å². The van der Waals surface area contributed by atoms with Gasteiger partial charge in [0.05, 0.1) is 18.8 Å². The predicted molar refractivity (Wildman–Crippen MR) is 106 cm³/mol. The third-order valence-electron chi connectivity index (χ3n) is 4.24. The van der Waals surface area contributed by atoms with E-state index < -0.39 is 60.6 Å². The van der Waals surface area contributed by atoms with Crippen LogP contribution >= 0.6 is 0 Å². The maximum Gasteiger partial charge on any atom is 0.325 e. The number of benzene rings is 1. The summed E-state index contributed by atoms with van der Waals surface area (Å²) in [6, 6.07) is 3.81. The number of hydrogen-bond donors (Lipinski definition) is 7. The van der Waals surface area contributed by atoms with Crippen molar-refractivity contribution in [2.24, 2.45) is 5.73 Å². The molecular weight excluding hydrogens is 396 g/mol. The Morgan fingerprint density at radius 3 is 2.07 bits per heavy atom. The minimum atomic E-state index is -1.48. The number of amides is 3. The van der Waals surface area contributed by atoms with Crippen molar-refractivity contribution in [1.29, 1.82) is 0 Å². The molecule has 3 amide bonds. The van der Waals surface area contributed by atoms with E-state index in [2.05, 4.69) is 16.0 Å². The van der Waals surface area contributed by atoms with Crippen molar-refractivity contribution in [3.05, 3.63) is 35.9 Å². The van der Waals surface area contributed by atoms with Crippen molar-refractivity contribution in [1.82, 2.24) is 16.0 Å². The molecule has 0 heterocycles. The van der Waals surface area contributed by atoms with Crippen LogP contribution in [0.5, 0.6) is 0 Å². The van der Waals surface area contributed by atoms with Crippen LogP contribution in [0.3, 0.4) is 0 Å². The summed E-state index contributed by atoms with van der Waals surface area (Å²) < 4.78 is 0. The summed E-state index contributed by atoms with van der Waals surface area (Å²) in [5.41, 5.74) is 6.68. The maximum atomic E-state index is 12.5. The molecule has 0 spiro atoms. The van der Waals surface area contributed by atoms with E-state index in [4.69, 9.17) is 10.8 Å². The fourth-order valence-corrected chi connectivity index (χ4v) is 2.46. The molecule has 0 saturated carbocycles. The van der Waals surface area contributed by atoms with Crippen LogP contribution in [-0.4, -0.2) is 75.9 Å². The Bertz CT molecular complexity index is 742. The van der Waals surface area contributed by atoms with Crippen LogP contribution in [0.4, 0.5) is 0 Å². The Morgan fingerprint density at radius 1 is 0.967 bits per heavy atom. The number of rotatable bonds is 11. The highest BCUT2D eigenvalue weighted by Crippen LogP contribution is 2.03. The molecule has 166 valence electrons. The summed E-state index contributed by atoms with van der Waals surface area (Å²) in [7, 11) is 0. The Morgan fingerprint density at radius 2 is 1.57 bits per heavy atom. The van der Waals surface area contributed by atoms with Crippen molar-refractivity contribution < 1.29 is 34.5 Å². The van der Waals surface area contributed by atoms with Crippen LogP contribution in [0, 0.1) is 0 Å². The Labute approximate surface area is 173 Å². The first kappa shape index (κ1) is 25.0. The number of hydrogen-bond acceptors (Lipinski definition) is 7. The molecule has 0 unspecified atom stereocenters. The number of carboxylic acids is 1. The lowest BCUT2D eigenvalue weighted by molar-refractivity contribution is -0.142. The van der Waals surface area contributed by atoms with Gasteiger partial charge in [-0.15, -0.1) is 0 Å². The smallest absolute Gasteiger partial charge is 0.325 e. The number of nitrogens with two attached hydrogens (primary N) is 1. The standard InChI is InChI=1S/C19H28N4O7/c1-10(19(29)30)21-17(27)14(9-24)22-18(28)15(11(2)25)23-16(26)13(20)8-12-6-4-3-5-7-12/h3-7,10-11,13-15,24-25H,8-9,20H2,1-2H3,(H,21,27)(H,22,28)(H,23,26)(H,29,30)/t10-,11+,13-,14-,15-/m0/s1. The molecule has 1 aromatic rings. The SMILES string of the molecule is C[C@H](NC(=O)[C@H](CO)NC(=O)[C@@H](NC(=O)[C@@H](N)Cc1ccccc1)[C@@H](C)O)C(=O)O. The first-order chi connectivity index (χ1) is 14.1. The monoisotopic (exact) mass is 424 g/mol. The quantitative estimate of drug-likeness (QED) is 0.202. The second-order valence-electron chi connectivity index (χ2n) is 6.84. The van der Waals surface area contributed by atoms with Crippen molar-refractivity contribution in [3.8, 4) is 0 Å². The second kappa shape index (κ2) is 11.9. The zero-order valence-electron chi connectivity index (χ0n) is 16.7. The molecule has 0 bridgehead atoms.